The first kappa shape index (κ1) is 22.0. The van der Waals surface area contributed by atoms with Gasteiger partial charge in [0.2, 0.25) is 11.8 Å². The fourth-order valence-corrected chi connectivity index (χ4v) is 3.90. The van der Waals surface area contributed by atoms with E-state index in [9.17, 15) is 9.18 Å². The molecule has 6 nitrogen and oxygen atoms in total. The molecule has 3 aromatic rings. The van der Waals surface area contributed by atoms with Crippen molar-refractivity contribution in [2.24, 2.45) is 0 Å². The Morgan fingerprint density at radius 3 is 2.84 bits per heavy atom. The van der Waals surface area contributed by atoms with Crippen LogP contribution in [0.5, 0.6) is 11.6 Å². The van der Waals surface area contributed by atoms with Crippen molar-refractivity contribution >= 4 is 5.91 Å². The Balaban J connectivity index is 1.57. The summed E-state index contributed by atoms with van der Waals surface area (Å²) < 4.78 is 27.2. The maximum atomic E-state index is 13.8. The Kier molecular flexibility index (Phi) is 6.85. The molecule has 7 heteroatoms. The topological polar surface area (TPSA) is 65.4 Å². The molecule has 0 bridgehead atoms. The highest BCUT2D eigenvalue weighted by atomic mass is 19.1. The number of carbonyl (C=O) groups excluding carboxylic acids is 1. The summed E-state index contributed by atoms with van der Waals surface area (Å²) in [4.78, 5) is 12.4. The molecule has 1 aliphatic rings. The molecule has 0 saturated carbocycles. The van der Waals surface area contributed by atoms with Gasteiger partial charge in [0.25, 0.3) is 0 Å². The molecule has 168 valence electrons. The number of aromatic nitrogens is 2. The summed E-state index contributed by atoms with van der Waals surface area (Å²) in [5, 5.41) is 7.65. The smallest absolute Gasteiger partial charge is 0.226 e. The fraction of sp³-hybridized carbons (Fsp3) is 0.360. The Bertz CT molecular complexity index is 1090. The molecule has 0 aliphatic carbocycles. The van der Waals surface area contributed by atoms with Gasteiger partial charge >= 0.3 is 0 Å². The molecule has 1 aromatic heterocycles. The number of nitrogens with one attached hydrogen (secondary N) is 1. The van der Waals surface area contributed by atoms with Crippen LogP contribution in [0.4, 0.5) is 4.39 Å². The van der Waals surface area contributed by atoms with E-state index in [1.54, 1.807) is 16.8 Å². The maximum Gasteiger partial charge on any atom is 0.226 e. The van der Waals surface area contributed by atoms with Gasteiger partial charge in [0.05, 0.1) is 17.5 Å². The van der Waals surface area contributed by atoms with E-state index in [1.165, 1.54) is 12.1 Å². The van der Waals surface area contributed by atoms with Gasteiger partial charge in [-0.15, -0.1) is 0 Å². The standard InChI is InChI=1S/C25H28FN3O3/c1-17-7-3-4-11-23(17)29-25(32-20-9-5-8-19(26)15-20)22(18(2)28-29)12-13-24(30)27-16-21-10-6-14-31-21/h3-5,7-9,11,15,21H,6,10,12-14,16H2,1-2H3,(H,27,30)/t21-/m0/s1. The van der Waals surface area contributed by atoms with E-state index < -0.39 is 0 Å². The first-order valence-electron chi connectivity index (χ1n) is 11.0. The zero-order valence-electron chi connectivity index (χ0n) is 18.4. The summed E-state index contributed by atoms with van der Waals surface area (Å²) in [5.74, 6) is 0.453. The van der Waals surface area contributed by atoms with Crippen molar-refractivity contribution in [3.05, 3.63) is 71.2 Å². The fourth-order valence-electron chi connectivity index (χ4n) is 3.90. The average molecular weight is 438 g/mol. The molecule has 4 rings (SSSR count). The Morgan fingerprint density at radius 2 is 2.09 bits per heavy atom. The lowest BCUT2D eigenvalue weighted by molar-refractivity contribution is -0.121. The van der Waals surface area contributed by atoms with Gasteiger partial charge in [0.15, 0.2) is 0 Å². The lowest BCUT2D eigenvalue weighted by Gasteiger charge is -2.13. The first-order valence-corrected chi connectivity index (χ1v) is 11.0. The molecule has 2 aromatic carbocycles. The predicted octanol–water partition coefficient (Wildman–Crippen LogP) is 4.65. The first-order chi connectivity index (χ1) is 15.5. The predicted molar refractivity (Wildman–Crippen MR) is 120 cm³/mol. The number of carbonyl (C=O) groups is 1. The minimum Gasteiger partial charge on any atom is -0.439 e. The molecule has 1 N–H and O–H groups in total. The molecule has 1 fully saturated rings. The van der Waals surface area contributed by atoms with E-state index in [-0.39, 0.29) is 17.8 Å². The Hall–Kier alpha value is -3.19. The third-order valence-electron chi connectivity index (χ3n) is 5.64. The summed E-state index contributed by atoms with van der Waals surface area (Å²) in [6, 6.07) is 13.9. The van der Waals surface area contributed by atoms with Crippen molar-refractivity contribution < 1.29 is 18.7 Å². The van der Waals surface area contributed by atoms with Crippen molar-refractivity contribution in [2.75, 3.05) is 13.2 Å². The van der Waals surface area contributed by atoms with Crippen LogP contribution in [0.1, 0.15) is 36.1 Å². The molecular weight excluding hydrogens is 409 g/mol. The van der Waals surface area contributed by atoms with Crippen LogP contribution in [-0.4, -0.2) is 34.9 Å². The number of ether oxygens (including phenoxy) is 2. The average Bonchev–Trinajstić information content (AvgIpc) is 3.39. The Morgan fingerprint density at radius 1 is 1.25 bits per heavy atom. The Labute approximate surface area is 187 Å². The number of amides is 1. The normalized spacial score (nSPS) is 15.7. The van der Waals surface area contributed by atoms with Gasteiger partial charge in [-0.1, -0.05) is 24.3 Å². The molecule has 0 unspecified atom stereocenters. The van der Waals surface area contributed by atoms with E-state index in [0.717, 1.165) is 42.0 Å². The van der Waals surface area contributed by atoms with Crippen molar-refractivity contribution in [3.8, 4) is 17.3 Å². The number of hydrogen-bond donors (Lipinski definition) is 1. The number of hydrogen-bond acceptors (Lipinski definition) is 4. The monoisotopic (exact) mass is 437 g/mol. The van der Waals surface area contributed by atoms with Crippen LogP contribution >= 0.6 is 0 Å². The SMILES string of the molecule is Cc1ccccc1-n1nc(C)c(CCC(=O)NC[C@@H]2CCCO2)c1Oc1cccc(F)c1. The van der Waals surface area contributed by atoms with Crippen LogP contribution in [-0.2, 0) is 16.0 Å². The summed E-state index contributed by atoms with van der Waals surface area (Å²) in [6.07, 6.45) is 2.88. The second-order valence-electron chi connectivity index (χ2n) is 8.07. The molecule has 1 saturated heterocycles. The molecule has 2 heterocycles. The minimum absolute atomic E-state index is 0.0414. The number of nitrogens with zero attached hydrogens (tertiary/aromatic N) is 2. The second kappa shape index (κ2) is 9.96. The molecular formula is C25H28FN3O3. The lowest BCUT2D eigenvalue weighted by Crippen LogP contribution is -2.31. The van der Waals surface area contributed by atoms with E-state index in [1.807, 2.05) is 38.1 Å². The van der Waals surface area contributed by atoms with Crippen LogP contribution in [0, 0.1) is 19.7 Å². The summed E-state index contributed by atoms with van der Waals surface area (Å²) >= 11 is 0. The van der Waals surface area contributed by atoms with Crippen LogP contribution in [0.15, 0.2) is 48.5 Å². The van der Waals surface area contributed by atoms with E-state index >= 15 is 0 Å². The molecule has 1 aliphatic heterocycles. The zero-order valence-corrected chi connectivity index (χ0v) is 18.4. The quantitative estimate of drug-likeness (QED) is 0.557. The number of benzene rings is 2. The highest BCUT2D eigenvalue weighted by Gasteiger charge is 2.21. The van der Waals surface area contributed by atoms with Gasteiger partial charge in [0, 0.05) is 31.2 Å². The molecule has 1 amide bonds. The van der Waals surface area contributed by atoms with Gasteiger partial charge in [0.1, 0.15) is 11.6 Å². The largest absolute Gasteiger partial charge is 0.439 e. The van der Waals surface area contributed by atoms with E-state index in [4.69, 9.17) is 14.6 Å². The van der Waals surface area contributed by atoms with Crippen molar-refractivity contribution in [1.82, 2.24) is 15.1 Å². The van der Waals surface area contributed by atoms with Crippen LogP contribution in [0.3, 0.4) is 0 Å². The molecule has 1 atom stereocenters. The summed E-state index contributed by atoms with van der Waals surface area (Å²) in [5.41, 5.74) is 3.49. The number of rotatable bonds is 8. The molecule has 0 radical (unpaired) electrons. The van der Waals surface area contributed by atoms with Gasteiger partial charge in [-0.2, -0.15) is 9.78 Å². The highest BCUT2D eigenvalue weighted by Crippen LogP contribution is 2.32. The van der Waals surface area contributed by atoms with Crippen molar-refractivity contribution in [1.29, 1.82) is 0 Å². The number of para-hydroxylation sites is 1. The van der Waals surface area contributed by atoms with Crippen LogP contribution < -0.4 is 10.1 Å². The lowest BCUT2D eigenvalue weighted by atomic mass is 10.1. The van der Waals surface area contributed by atoms with Crippen molar-refractivity contribution in [2.45, 2.75) is 45.6 Å². The number of halogens is 1. The van der Waals surface area contributed by atoms with Gasteiger partial charge < -0.3 is 14.8 Å². The molecule has 32 heavy (non-hydrogen) atoms. The summed E-state index contributed by atoms with van der Waals surface area (Å²) in [6.45, 7) is 5.19. The zero-order chi connectivity index (χ0) is 22.5. The number of aryl methyl sites for hydroxylation is 2. The molecule has 0 spiro atoms. The van der Waals surface area contributed by atoms with Crippen LogP contribution in [0.25, 0.3) is 5.69 Å². The van der Waals surface area contributed by atoms with E-state index in [2.05, 4.69) is 5.32 Å². The van der Waals surface area contributed by atoms with E-state index in [0.29, 0.717) is 31.0 Å². The van der Waals surface area contributed by atoms with Crippen molar-refractivity contribution in [3.63, 3.8) is 0 Å². The third-order valence-corrected chi connectivity index (χ3v) is 5.64. The van der Waals surface area contributed by atoms with Gasteiger partial charge in [-0.25, -0.2) is 4.39 Å². The second-order valence-corrected chi connectivity index (χ2v) is 8.07. The van der Waals surface area contributed by atoms with Gasteiger partial charge in [-0.05, 0) is 56.9 Å². The third kappa shape index (κ3) is 5.16. The maximum absolute atomic E-state index is 13.8. The highest BCUT2D eigenvalue weighted by molar-refractivity contribution is 5.76. The van der Waals surface area contributed by atoms with Crippen LogP contribution in [0.2, 0.25) is 0 Å². The minimum atomic E-state index is -0.378. The summed E-state index contributed by atoms with van der Waals surface area (Å²) in [7, 11) is 0. The van der Waals surface area contributed by atoms with Gasteiger partial charge in [-0.3, -0.25) is 4.79 Å².